The first kappa shape index (κ1) is 35.1. The van der Waals surface area contributed by atoms with Crippen molar-refractivity contribution in [2.45, 2.75) is 0 Å². The molecule has 2 aliphatic heterocycles. The number of nitrogens with zero attached hydrogens (tertiary/aromatic N) is 4. The van der Waals surface area contributed by atoms with Crippen LogP contribution >= 0.6 is 0 Å². The molecule has 0 spiro atoms. The van der Waals surface area contributed by atoms with E-state index in [1.807, 2.05) is 84.9 Å². The van der Waals surface area contributed by atoms with Gasteiger partial charge in [0.15, 0.2) is 23.0 Å². The lowest BCUT2D eigenvalue weighted by molar-refractivity contribution is 0.434. The number of ether oxygens (including phenoxy) is 2. The van der Waals surface area contributed by atoms with Crippen molar-refractivity contribution in [2.24, 2.45) is 0 Å². The Balaban J connectivity index is 0.992. The van der Waals surface area contributed by atoms with Crippen molar-refractivity contribution >= 4 is 49.8 Å². The summed E-state index contributed by atoms with van der Waals surface area (Å²) in [6.45, 7) is 0. The van der Waals surface area contributed by atoms with Gasteiger partial charge < -0.3 is 14.6 Å². The van der Waals surface area contributed by atoms with Gasteiger partial charge in [-0.1, -0.05) is 140 Å². The third-order valence-corrected chi connectivity index (χ3v) is 12.2. The van der Waals surface area contributed by atoms with Gasteiger partial charge in [0, 0.05) is 21.7 Å². The van der Waals surface area contributed by atoms with E-state index in [0.29, 0.717) is 34.6 Å². The zero-order valence-corrected chi connectivity index (χ0v) is 33.6. The monoisotopic (exact) mass is 810 g/mol. The lowest BCUT2D eigenvalue weighted by atomic mass is 9.97. The summed E-state index contributed by atoms with van der Waals surface area (Å²) in [5.41, 5.74) is 12.8. The molecule has 0 saturated carbocycles. The lowest BCUT2D eigenvalue weighted by Gasteiger charge is -2.38. The Morgan fingerprint density at radius 2 is 0.921 bits per heavy atom. The fourth-order valence-electron chi connectivity index (χ4n) is 9.35. The van der Waals surface area contributed by atoms with Crippen molar-refractivity contribution in [3.05, 3.63) is 200 Å². The molecule has 63 heavy (non-hydrogen) atoms. The van der Waals surface area contributed by atoms with E-state index in [1.165, 1.54) is 0 Å². The Bertz CT molecular complexity index is 3630. The summed E-state index contributed by atoms with van der Waals surface area (Å²) in [7, 11) is 0. The Morgan fingerprint density at radius 3 is 1.67 bits per heavy atom. The van der Waals surface area contributed by atoms with E-state index in [9.17, 15) is 5.11 Å². The summed E-state index contributed by atoms with van der Waals surface area (Å²) in [6.07, 6.45) is 0. The normalized spacial score (nSPS) is 12.4. The second-order valence-corrected chi connectivity index (χ2v) is 16.0. The fourth-order valence-corrected chi connectivity index (χ4v) is 9.35. The molecule has 0 aliphatic carbocycles. The molecule has 9 aromatic carbocycles. The Kier molecular flexibility index (Phi) is 7.62. The SMILES string of the molecule is Oc1cc(-c2ccccc2)cc2c1N1c3ccc(-c4ccccc4)cc3Oc3cc(-c4ccc5c(c4)c4ccccc4n5-c4nc(-c5ccccc5)c5ccccc5n4)cc(c31)O2. The number of phenols is 1. The standard InChI is InChI=1S/C56H34N4O3/c61-48-29-39(35-16-6-2-7-17-35)31-50-54(48)60-47-27-25-38(34-14-4-1-5-15-34)30-49(47)62-51-32-40(33-52(63-50)55(51)60)37-24-26-46-43(28-37)41-20-11-13-23-45(41)59(46)56-57-44-22-12-10-21-42(44)53(58-56)36-18-8-3-9-19-36/h1-33,61H. The molecule has 7 nitrogen and oxygen atoms in total. The molecule has 0 fully saturated rings. The minimum Gasteiger partial charge on any atom is -0.506 e. The molecule has 0 atom stereocenters. The number of para-hydroxylation sites is 2. The Labute approximate surface area is 362 Å². The first-order valence-electron chi connectivity index (χ1n) is 20.9. The molecule has 11 aromatic rings. The van der Waals surface area contributed by atoms with Crippen molar-refractivity contribution in [3.8, 4) is 79.3 Å². The number of hydrogen-bond acceptors (Lipinski definition) is 6. The van der Waals surface area contributed by atoms with Crippen LogP contribution in [0, 0.1) is 0 Å². The van der Waals surface area contributed by atoms with Gasteiger partial charge in [-0.25, -0.2) is 9.97 Å². The number of rotatable bonds is 5. The number of fused-ring (bicyclic) bond motifs is 8. The topological polar surface area (TPSA) is 72.6 Å². The van der Waals surface area contributed by atoms with Crippen molar-refractivity contribution < 1.29 is 14.6 Å². The number of benzene rings is 9. The van der Waals surface area contributed by atoms with Crippen LogP contribution in [0.25, 0.3) is 83.3 Å². The molecule has 2 aromatic heterocycles. The first-order valence-corrected chi connectivity index (χ1v) is 20.9. The van der Waals surface area contributed by atoms with E-state index in [2.05, 4.69) is 119 Å². The van der Waals surface area contributed by atoms with Gasteiger partial charge in [0.25, 0.3) is 0 Å². The summed E-state index contributed by atoms with van der Waals surface area (Å²) in [5, 5.41) is 15.0. The summed E-state index contributed by atoms with van der Waals surface area (Å²) in [4.78, 5) is 12.5. The smallest absolute Gasteiger partial charge is 0.235 e. The van der Waals surface area contributed by atoms with Crippen LogP contribution in [0.3, 0.4) is 0 Å². The van der Waals surface area contributed by atoms with Gasteiger partial charge in [-0.15, -0.1) is 0 Å². The highest BCUT2D eigenvalue weighted by Crippen LogP contribution is 2.63. The summed E-state index contributed by atoms with van der Waals surface area (Å²) < 4.78 is 15.9. The van der Waals surface area contributed by atoms with Gasteiger partial charge in [-0.05, 0) is 94.0 Å². The molecule has 2 aliphatic rings. The van der Waals surface area contributed by atoms with Crippen LogP contribution in [0.1, 0.15) is 0 Å². The molecule has 1 N–H and O–H groups in total. The van der Waals surface area contributed by atoms with Crippen molar-refractivity contribution in [1.82, 2.24) is 14.5 Å². The van der Waals surface area contributed by atoms with Gasteiger partial charge in [0.1, 0.15) is 17.1 Å². The van der Waals surface area contributed by atoms with Crippen LogP contribution < -0.4 is 14.4 Å². The zero-order valence-electron chi connectivity index (χ0n) is 33.6. The maximum absolute atomic E-state index is 11.9. The van der Waals surface area contributed by atoms with E-state index in [1.54, 1.807) is 6.07 Å². The average Bonchev–Trinajstić information content (AvgIpc) is 3.67. The van der Waals surface area contributed by atoms with Crippen molar-refractivity contribution in [1.29, 1.82) is 0 Å². The highest BCUT2D eigenvalue weighted by Gasteiger charge is 2.38. The van der Waals surface area contributed by atoms with Crippen molar-refractivity contribution in [2.75, 3.05) is 4.90 Å². The number of phenolic OH excluding ortho intramolecular Hbond substituents is 1. The van der Waals surface area contributed by atoms with E-state index in [0.717, 1.165) is 88.7 Å². The first-order chi connectivity index (χ1) is 31.1. The molecule has 4 heterocycles. The third-order valence-electron chi connectivity index (χ3n) is 12.2. The number of anilines is 3. The highest BCUT2D eigenvalue weighted by molar-refractivity contribution is 6.11. The van der Waals surface area contributed by atoms with Crippen LogP contribution in [-0.4, -0.2) is 19.6 Å². The molecule has 0 saturated heterocycles. The van der Waals surface area contributed by atoms with Crippen LogP contribution in [0.2, 0.25) is 0 Å². The Hall–Kier alpha value is -8.68. The quantitative estimate of drug-likeness (QED) is 0.187. The van der Waals surface area contributed by atoms with E-state index < -0.39 is 0 Å². The van der Waals surface area contributed by atoms with Gasteiger partial charge >= 0.3 is 0 Å². The van der Waals surface area contributed by atoms with Crippen LogP contribution in [0.15, 0.2) is 200 Å². The van der Waals surface area contributed by atoms with Gasteiger partial charge in [0.2, 0.25) is 5.95 Å². The van der Waals surface area contributed by atoms with Crippen LogP contribution in [0.4, 0.5) is 17.1 Å². The van der Waals surface area contributed by atoms with E-state index in [4.69, 9.17) is 19.4 Å². The van der Waals surface area contributed by atoms with E-state index in [-0.39, 0.29) is 5.75 Å². The molecule has 7 heteroatoms. The third kappa shape index (κ3) is 5.53. The lowest BCUT2D eigenvalue weighted by Crippen LogP contribution is -2.20. The van der Waals surface area contributed by atoms with Crippen LogP contribution in [0.5, 0.6) is 28.7 Å². The minimum atomic E-state index is 0.111. The second-order valence-electron chi connectivity index (χ2n) is 16.0. The largest absolute Gasteiger partial charge is 0.506 e. The maximum Gasteiger partial charge on any atom is 0.235 e. The van der Waals surface area contributed by atoms with Crippen molar-refractivity contribution in [3.63, 3.8) is 0 Å². The maximum atomic E-state index is 11.9. The molecule has 13 rings (SSSR count). The van der Waals surface area contributed by atoms with Crippen LogP contribution in [-0.2, 0) is 0 Å². The minimum absolute atomic E-state index is 0.111. The fraction of sp³-hybridized carbons (Fsp3) is 0. The molecule has 0 bridgehead atoms. The Morgan fingerprint density at radius 1 is 0.381 bits per heavy atom. The van der Waals surface area contributed by atoms with Gasteiger partial charge in [-0.3, -0.25) is 9.47 Å². The summed E-state index contributed by atoms with van der Waals surface area (Å²) >= 11 is 0. The van der Waals surface area contributed by atoms with E-state index >= 15 is 0 Å². The molecular weight excluding hydrogens is 777 g/mol. The highest BCUT2D eigenvalue weighted by atomic mass is 16.5. The number of hydrogen-bond donors (Lipinski definition) is 1. The predicted molar refractivity (Wildman–Crippen MR) is 252 cm³/mol. The molecular formula is C56H34N4O3. The number of aromatic nitrogens is 3. The molecule has 0 amide bonds. The molecule has 0 unspecified atom stereocenters. The predicted octanol–water partition coefficient (Wildman–Crippen LogP) is 14.8. The molecule has 296 valence electrons. The summed E-state index contributed by atoms with van der Waals surface area (Å²) in [6, 6.07) is 68.0. The zero-order chi connectivity index (χ0) is 41.6. The number of aromatic hydroxyl groups is 1. The molecule has 0 radical (unpaired) electrons. The second kappa shape index (κ2) is 13.7. The van der Waals surface area contributed by atoms with Gasteiger partial charge in [0.05, 0.1) is 27.9 Å². The van der Waals surface area contributed by atoms with Gasteiger partial charge in [-0.2, -0.15) is 0 Å². The summed E-state index contributed by atoms with van der Waals surface area (Å²) in [5.74, 6) is 3.19. The average molecular weight is 811 g/mol.